The first-order valence-electron chi connectivity index (χ1n) is 9.81. The van der Waals surface area contributed by atoms with Crippen molar-refractivity contribution < 1.29 is 9.18 Å². The molecular formula is C23H24FN3O. The SMILES string of the molecule is C/C(=N\NC(=O)CCn1c2c(c3ccccc31)CCCC2)c1ccc(F)cc1. The molecule has 0 spiro atoms. The number of amides is 1. The van der Waals surface area contributed by atoms with Crippen molar-refractivity contribution in [3.8, 4) is 0 Å². The molecule has 1 aromatic heterocycles. The minimum atomic E-state index is -0.289. The highest BCUT2D eigenvalue weighted by Crippen LogP contribution is 2.32. The molecule has 1 heterocycles. The van der Waals surface area contributed by atoms with Gasteiger partial charge in [-0.25, -0.2) is 9.82 Å². The first kappa shape index (κ1) is 18.4. The number of fused-ring (bicyclic) bond motifs is 3. The van der Waals surface area contributed by atoms with Crippen molar-refractivity contribution in [1.29, 1.82) is 0 Å². The van der Waals surface area contributed by atoms with Crippen LogP contribution in [0.4, 0.5) is 4.39 Å². The van der Waals surface area contributed by atoms with Crippen LogP contribution in [0.2, 0.25) is 0 Å². The van der Waals surface area contributed by atoms with Crippen LogP contribution in [-0.4, -0.2) is 16.2 Å². The summed E-state index contributed by atoms with van der Waals surface area (Å²) in [7, 11) is 0. The summed E-state index contributed by atoms with van der Waals surface area (Å²) in [4.78, 5) is 12.3. The molecule has 1 amide bonds. The fraction of sp³-hybridized carbons (Fsp3) is 0.304. The number of nitrogens with one attached hydrogen (secondary N) is 1. The normalized spacial score (nSPS) is 14.1. The van der Waals surface area contributed by atoms with Gasteiger partial charge < -0.3 is 4.57 Å². The number of halogens is 1. The summed E-state index contributed by atoms with van der Waals surface area (Å²) < 4.78 is 15.3. The summed E-state index contributed by atoms with van der Waals surface area (Å²) in [5.74, 6) is -0.410. The summed E-state index contributed by atoms with van der Waals surface area (Å²) in [5, 5.41) is 5.48. The second kappa shape index (κ2) is 7.97. The monoisotopic (exact) mass is 377 g/mol. The van der Waals surface area contributed by atoms with E-state index >= 15 is 0 Å². The smallest absolute Gasteiger partial charge is 0.241 e. The summed E-state index contributed by atoms with van der Waals surface area (Å²) in [6.07, 6.45) is 5.00. The van der Waals surface area contributed by atoms with E-state index in [2.05, 4.69) is 39.4 Å². The van der Waals surface area contributed by atoms with Crippen molar-refractivity contribution in [3.05, 3.63) is 71.2 Å². The number of hydrogen-bond donors (Lipinski definition) is 1. The maximum absolute atomic E-state index is 13.0. The number of para-hydroxylation sites is 1. The van der Waals surface area contributed by atoms with Gasteiger partial charge in [-0.3, -0.25) is 4.79 Å². The first-order valence-corrected chi connectivity index (χ1v) is 9.81. The van der Waals surface area contributed by atoms with E-state index in [-0.39, 0.29) is 11.7 Å². The number of carbonyl (C=O) groups is 1. The molecule has 0 saturated heterocycles. The van der Waals surface area contributed by atoms with Crippen LogP contribution in [0.3, 0.4) is 0 Å². The van der Waals surface area contributed by atoms with Crippen LogP contribution in [0.1, 0.15) is 43.0 Å². The number of aromatic nitrogens is 1. The Morgan fingerprint density at radius 2 is 1.86 bits per heavy atom. The Bertz CT molecular complexity index is 1030. The Hall–Kier alpha value is -2.95. The maximum Gasteiger partial charge on any atom is 0.241 e. The average Bonchev–Trinajstić information content (AvgIpc) is 3.05. The first-order chi connectivity index (χ1) is 13.6. The molecule has 1 aliphatic rings. The van der Waals surface area contributed by atoms with Crippen LogP contribution in [0.25, 0.3) is 10.9 Å². The van der Waals surface area contributed by atoms with Crippen molar-refractivity contribution in [2.45, 2.75) is 45.6 Å². The van der Waals surface area contributed by atoms with Gasteiger partial charge in [0.1, 0.15) is 5.82 Å². The molecule has 0 aliphatic heterocycles. The number of rotatable bonds is 5. The Balaban J connectivity index is 1.45. The largest absolute Gasteiger partial charge is 0.344 e. The van der Waals surface area contributed by atoms with Gasteiger partial charge in [0.2, 0.25) is 5.91 Å². The standard InChI is InChI=1S/C23H24FN3O/c1-16(17-10-12-18(24)13-11-17)25-26-23(28)14-15-27-21-8-4-2-6-19(21)20-7-3-5-9-22(20)27/h2,4,6,8,10-13H,3,5,7,9,14-15H2,1H3,(H,26,28)/b25-16+. The third kappa shape index (κ3) is 3.70. The lowest BCUT2D eigenvalue weighted by molar-refractivity contribution is -0.121. The van der Waals surface area contributed by atoms with Crippen LogP contribution < -0.4 is 5.43 Å². The van der Waals surface area contributed by atoms with Gasteiger partial charge in [0.15, 0.2) is 0 Å². The van der Waals surface area contributed by atoms with Crippen LogP contribution in [0.15, 0.2) is 53.6 Å². The molecule has 0 unspecified atom stereocenters. The molecule has 5 heteroatoms. The van der Waals surface area contributed by atoms with Crippen LogP contribution in [-0.2, 0) is 24.2 Å². The van der Waals surface area contributed by atoms with E-state index in [9.17, 15) is 9.18 Å². The van der Waals surface area contributed by atoms with Crippen molar-refractivity contribution in [3.63, 3.8) is 0 Å². The summed E-state index contributed by atoms with van der Waals surface area (Å²) in [6.45, 7) is 2.44. The molecule has 0 radical (unpaired) electrons. The average molecular weight is 377 g/mol. The number of aryl methyl sites for hydroxylation is 2. The predicted octanol–water partition coefficient (Wildman–Crippen LogP) is 4.59. The van der Waals surface area contributed by atoms with Gasteiger partial charge >= 0.3 is 0 Å². The minimum Gasteiger partial charge on any atom is -0.344 e. The molecule has 0 bridgehead atoms. The Morgan fingerprint density at radius 3 is 2.68 bits per heavy atom. The Morgan fingerprint density at radius 1 is 1.11 bits per heavy atom. The minimum absolute atomic E-state index is 0.121. The molecule has 4 nitrogen and oxygen atoms in total. The number of nitrogens with zero attached hydrogens (tertiary/aromatic N) is 2. The van der Waals surface area contributed by atoms with Crippen molar-refractivity contribution in [2.24, 2.45) is 5.10 Å². The van der Waals surface area contributed by atoms with Gasteiger partial charge in [0.25, 0.3) is 0 Å². The molecule has 144 valence electrons. The molecular weight excluding hydrogens is 353 g/mol. The lowest BCUT2D eigenvalue weighted by atomic mass is 9.95. The number of benzene rings is 2. The predicted molar refractivity (Wildman–Crippen MR) is 110 cm³/mol. The zero-order valence-electron chi connectivity index (χ0n) is 16.0. The molecule has 0 saturated carbocycles. The third-order valence-corrected chi connectivity index (χ3v) is 5.46. The van der Waals surface area contributed by atoms with Crippen molar-refractivity contribution in [2.75, 3.05) is 0 Å². The molecule has 2 aromatic carbocycles. The zero-order chi connectivity index (χ0) is 19.5. The van der Waals surface area contributed by atoms with Gasteiger partial charge in [-0.1, -0.05) is 30.3 Å². The van der Waals surface area contributed by atoms with Crippen molar-refractivity contribution in [1.82, 2.24) is 9.99 Å². The van der Waals surface area contributed by atoms with E-state index in [4.69, 9.17) is 0 Å². The highest BCUT2D eigenvalue weighted by molar-refractivity contribution is 5.99. The quantitative estimate of drug-likeness (QED) is 0.513. The molecule has 28 heavy (non-hydrogen) atoms. The highest BCUT2D eigenvalue weighted by Gasteiger charge is 2.19. The topological polar surface area (TPSA) is 46.4 Å². The molecule has 1 aliphatic carbocycles. The van der Waals surface area contributed by atoms with E-state index in [1.807, 2.05) is 0 Å². The van der Waals surface area contributed by atoms with Gasteiger partial charge in [-0.05, 0) is 61.9 Å². The Kier molecular flexibility index (Phi) is 5.24. The highest BCUT2D eigenvalue weighted by atomic mass is 19.1. The molecule has 1 N–H and O–H groups in total. The van der Waals surface area contributed by atoms with Gasteiger partial charge in [0, 0.05) is 29.6 Å². The molecule has 3 aromatic rings. The summed E-state index contributed by atoms with van der Waals surface area (Å²) >= 11 is 0. The van der Waals surface area contributed by atoms with Gasteiger partial charge in [0.05, 0.1) is 5.71 Å². The van der Waals surface area contributed by atoms with Gasteiger partial charge in [-0.15, -0.1) is 0 Å². The third-order valence-electron chi connectivity index (χ3n) is 5.46. The molecule has 4 rings (SSSR count). The van der Waals surface area contributed by atoms with Crippen molar-refractivity contribution >= 4 is 22.5 Å². The lowest BCUT2D eigenvalue weighted by Gasteiger charge is -2.15. The second-order valence-corrected chi connectivity index (χ2v) is 7.29. The molecule has 0 atom stereocenters. The summed E-state index contributed by atoms with van der Waals surface area (Å²) in [6, 6.07) is 14.5. The summed E-state index contributed by atoms with van der Waals surface area (Å²) in [5.41, 5.74) is 8.11. The fourth-order valence-electron chi connectivity index (χ4n) is 4.01. The van der Waals surface area contributed by atoms with Crippen LogP contribution in [0.5, 0.6) is 0 Å². The van der Waals surface area contributed by atoms with E-state index in [0.717, 1.165) is 18.4 Å². The van der Waals surface area contributed by atoms with E-state index in [0.29, 0.717) is 18.7 Å². The van der Waals surface area contributed by atoms with E-state index in [1.165, 1.54) is 47.1 Å². The van der Waals surface area contributed by atoms with Crippen LogP contribution >= 0.6 is 0 Å². The fourth-order valence-corrected chi connectivity index (χ4v) is 4.01. The van der Waals surface area contributed by atoms with Crippen LogP contribution in [0, 0.1) is 5.82 Å². The number of carbonyl (C=O) groups excluding carboxylic acids is 1. The van der Waals surface area contributed by atoms with E-state index in [1.54, 1.807) is 19.1 Å². The maximum atomic E-state index is 13.0. The zero-order valence-corrected chi connectivity index (χ0v) is 16.0. The second-order valence-electron chi connectivity index (χ2n) is 7.29. The van der Waals surface area contributed by atoms with Gasteiger partial charge in [-0.2, -0.15) is 5.10 Å². The lowest BCUT2D eigenvalue weighted by Crippen LogP contribution is -2.21. The Labute approximate surface area is 164 Å². The van der Waals surface area contributed by atoms with E-state index < -0.39 is 0 Å². The number of hydrogen-bond acceptors (Lipinski definition) is 2. The number of hydrazone groups is 1. The molecule has 0 fully saturated rings.